The highest BCUT2D eigenvalue weighted by atomic mass is 32.2. The van der Waals surface area contributed by atoms with Gasteiger partial charge in [0.15, 0.2) is 0 Å². The summed E-state index contributed by atoms with van der Waals surface area (Å²) in [5.74, 6) is 0. The molecule has 0 saturated heterocycles. The Bertz CT molecular complexity index is 721. The molecule has 0 bridgehead atoms. The standard InChI is InChI=1S/C13H20N2O4S2/c1-10-7-8-11(9-13(10)20(14,16)17)15-21(18,19)12-5-3-2-4-6-12/h7-9,12,15H,2-6H2,1H3,(H2,14,16,17). The van der Waals surface area contributed by atoms with Gasteiger partial charge in [-0.15, -0.1) is 0 Å². The van der Waals surface area contributed by atoms with E-state index in [1.54, 1.807) is 19.1 Å². The summed E-state index contributed by atoms with van der Waals surface area (Å²) in [5, 5.41) is 4.72. The van der Waals surface area contributed by atoms with Crippen LogP contribution in [-0.4, -0.2) is 22.1 Å². The second-order valence-corrected chi connectivity index (χ2v) is 8.92. The number of anilines is 1. The van der Waals surface area contributed by atoms with Crippen LogP contribution in [0.25, 0.3) is 0 Å². The van der Waals surface area contributed by atoms with E-state index < -0.39 is 25.3 Å². The lowest BCUT2D eigenvalue weighted by atomic mass is 10.0. The third-order valence-corrected chi connectivity index (χ3v) is 6.67. The van der Waals surface area contributed by atoms with Gasteiger partial charge in [0.2, 0.25) is 20.0 Å². The predicted molar refractivity (Wildman–Crippen MR) is 82.0 cm³/mol. The van der Waals surface area contributed by atoms with Crippen LogP contribution in [0.1, 0.15) is 37.7 Å². The molecule has 0 heterocycles. The molecule has 1 saturated carbocycles. The van der Waals surface area contributed by atoms with Crippen molar-refractivity contribution in [1.29, 1.82) is 0 Å². The van der Waals surface area contributed by atoms with E-state index in [9.17, 15) is 16.8 Å². The first-order chi connectivity index (χ1) is 9.70. The summed E-state index contributed by atoms with van der Waals surface area (Å²) in [6.07, 6.45) is 4.16. The van der Waals surface area contributed by atoms with Crippen LogP contribution in [0.3, 0.4) is 0 Å². The molecule has 0 spiro atoms. The molecule has 1 aromatic carbocycles. The summed E-state index contributed by atoms with van der Waals surface area (Å²) in [5.41, 5.74) is 0.716. The first-order valence-electron chi connectivity index (χ1n) is 6.85. The Hall–Kier alpha value is -1.12. The molecule has 1 aromatic rings. The number of aryl methyl sites for hydroxylation is 1. The second-order valence-electron chi connectivity index (χ2n) is 5.43. The lowest BCUT2D eigenvalue weighted by Crippen LogP contribution is -2.29. The Labute approximate surface area is 125 Å². The zero-order valence-electron chi connectivity index (χ0n) is 11.9. The Kier molecular flexibility index (Phi) is 4.60. The third-order valence-electron chi connectivity index (χ3n) is 3.75. The van der Waals surface area contributed by atoms with Gasteiger partial charge < -0.3 is 0 Å². The average molecular weight is 332 g/mol. The van der Waals surface area contributed by atoms with Crippen LogP contribution in [0.5, 0.6) is 0 Å². The summed E-state index contributed by atoms with van der Waals surface area (Å²) in [7, 11) is -7.37. The minimum absolute atomic E-state index is 0.0636. The maximum atomic E-state index is 12.3. The fourth-order valence-electron chi connectivity index (χ4n) is 2.59. The number of rotatable bonds is 4. The highest BCUT2D eigenvalue weighted by Crippen LogP contribution is 2.26. The van der Waals surface area contributed by atoms with Gasteiger partial charge in [0.05, 0.1) is 10.1 Å². The highest BCUT2D eigenvalue weighted by Gasteiger charge is 2.27. The first-order valence-corrected chi connectivity index (χ1v) is 9.94. The number of hydrogen-bond acceptors (Lipinski definition) is 4. The molecule has 0 unspecified atom stereocenters. The van der Waals surface area contributed by atoms with Crippen molar-refractivity contribution in [2.75, 3.05) is 4.72 Å². The number of benzene rings is 1. The smallest absolute Gasteiger partial charge is 0.238 e. The van der Waals surface area contributed by atoms with Gasteiger partial charge in [-0.1, -0.05) is 25.3 Å². The molecular weight excluding hydrogens is 312 g/mol. The van der Waals surface area contributed by atoms with Crippen molar-refractivity contribution < 1.29 is 16.8 Å². The van der Waals surface area contributed by atoms with E-state index in [0.717, 1.165) is 19.3 Å². The third kappa shape index (κ3) is 3.96. The van der Waals surface area contributed by atoms with E-state index >= 15 is 0 Å². The molecule has 0 amide bonds. The fraction of sp³-hybridized carbons (Fsp3) is 0.538. The molecule has 118 valence electrons. The van der Waals surface area contributed by atoms with Crippen molar-refractivity contribution in [2.45, 2.75) is 49.2 Å². The van der Waals surface area contributed by atoms with Gasteiger partial charge in [-0.05, 0) is 37.5 Å². The van der Waals surface area contributed by atoms with Gasteiger partial charge in [-0.25, -0.2) is 22.0 Å². The van der Waals surface area contributed by atoms with Crippen LogP contribution < -0.4 is 9.86 Å². The van der Waals surface area contributed by atoms with Crippen LogP contribution in [0.4, 0.5) is 5.69 Å². The lowest BCUT2D eigenvalue weighted by Gasteiger charge is -2.22. The van der Waals surface area contributed by atoms with Crippen molar-refractivity contribution in [1.82, 2.24) is 0 Å². The van der Waals surface area contributed by atoms with Gasteiger partial charge in [0, 0.05) is 5.69 Å². The van der Waals surface area contributed by atoms with E-state index in [1.807, 2.05) is 0 Å². The van der Waals surface area contributed by atoms with Crippen LogP contribution >= 0.6 is 0 Å². The molecule has 0 aliphatic heterocycles. The highest BCUT2D eigenvalue weighted by molar-refractivity contribution is 7.93. The Morgan fingerprint density at radius 3 is 2.29 bits per heavy atom. The van der Waals surface area contributed by atoms with E-state index in [0.29, 0.717) is 18.4 Å². The van der Waals surface area contributed by atoms with Crippen molar-refractivity contribution >= 4 is 25.7 Å². The van der Waals surface area contributed by atoms with E-state index in [1.165, 1.54) is 6.07 Å². The molecule has 0 atom stereocenters. The molecule has 21 heavy (non-hydrogen) atoms. The summed E-state index contributed by atoms with van der Waals surface area (Å²) >= 11 is 0. The van der Waals surface area contributed by atoms with Gasteiger partial charge in [-0.3, -0.25) is 4.72 Å². The quantitative estimate of drug-likeness (QED) is 0.875. The van der Waals surface area contributed by atoms with Gasteiger partial charge in [0.25, 0.3) is 0 Å². The number of hydrogen-bond donors (Lipinski definition) is 2. The molecule has 3 N–H and O–H groups in total. The molecule has 2 rings (SSSR count). The molecule has 1 fully saturated rings. The van der Waals surface area contributed by atoms with Crippen molar-refractivity contribution in [3.05, 3.63) is 23.8 Å². The normalized spacial score (nSPS) is 17.6. The fourth-order valence-corrected chi connectivity index (χ4v) is 4.98. The monoisotopic (exact) mass is 332 g/mol. The molecular formula is C13H20N2O4S2. The maximum absolute atomic E-state index is 12.3. The van der Waals surface area contributed by atoms with E-state index in [4.69, 9.17) is 5.14 Å². The Balaban J connectivity index is 2.27. The number of nitrogens with two attached hydrogens (primary N) is 1. The van der Waals surface area contributed by atoms with E-state index in [-0.39, 0.29) is 10.6 Å². The van der Waals surface area contributed by atoms with Crippen molar-refractivity contribution in [3.63, 3.8) is 0 Å². The predicted octanol–water partition coefficient (Wildman–Crippen LogP) is 1.72. The molecule has 8 heteroatoms. The summed E-state index contributed by atoms with van der Waals surface area (Å²) in [6.45, 7) is 1.61. The largest absolute Gasteiger partial charge is 0.283 e. The number of sulfonamides is 2. The SMILES string of the molecule is Cc1ccc(NS(=O)(=O)C2CCCCC2)cc1S(N)(=O)=O. The van der Waals surface area contributed by atoms with Crippen molar-refractivity contribution in [2.24, 2.45) is 5.14 Å². The molecule has 0 radical (unpaired) electrons. The summed E-state index contributed by atoms with van der Waals surface area (Å²) < 4.78 is 50.0. The average Bonchev–Trinajstić information content (AvgIpc) is 2.40. The first kappa shape index (κ1) is 16.3. The summed E-state index contributed by atoms with van der Waals surface area (Å²) in [6, 6.07) is 4.36. The van der Waals surface area contributed by atoms with Crippen molar-refractivity contribution in [3.8, 4) is 0 Å². The van der Waals surface area contributed by atoms with Crippen LogP contribution in [0.15, 0.2) is 23.1 Å². The van der Waals surface area contributed by atoms with Gasteiger partial charge >= 0.3 is 0 Å². The van der Waals surface area contributed by atoms with Gasteiger partial charge in [-0.2, -0.15) is 0 Å². The van der Waals surface area contributed by atoms with Crippen LogP contribution in [0.2, 0.25) is 0 Å². The topological polar surface area (TPSA) is 106 Å². The van der Waals surface area contributed by atoms with Crippen LogP contribution in [0, 0.1) is 6.92 Å². The zero-order chi connectivity index (χ0) is 15.7. The molecule has 1 aliphatic carbocycles. The summed E-state index contributed by atoms with van der Waals surface area (Å²) in [4.78, 5) is -0.0636. The van der Waals surface area contributed by atoms with Gasteiger partial charge in [0.1, 0.15) is 0 Å². The Morgan fingerprint density at radius 2 is 1.71 bits per heavy atom. The minimum Gasteiger partial charge on any atom is -0.283 e. The zero-order valence-corrected chi connectivity index (χ0v) is 13.5. The second kappa shape index (κ2) is 5.94. The number of nitrogens with one attached hydrogen (secondary N) is 1. The molecule has 6 nitrogen and oxygen atoms in total. The lowest BCUT2D eigenvalue weighted by molar-refractivity contribution is 0.486. The molecule has 1 aliphatic rings. The van der Waals surface area contributed by atoms with Crippen LogP contribution in [-0.2, 0) is 20.0 Å². The van der Waals surface area contributed by atoms with E-state index in [2.05, 4.69) is 4.72 Å². The molecule has 0 aromatic heterocycles. The maximum Gasteiger partial charge on any atom is 0.238 e. The number of primary sulfonamides is 1. The minimum atomic E-state index is -3.87. The Morgan fingerprint density at radius 1 is 1.10 bits per heavy atom.